The monoisotopic (exact) mass is 346 g/mol. The molecule has 0 aromatic heterocycles. The predicted molar refractivity (Wildman–Crippen MR) is 103 cm³/mol. The van der Waals surface area contributed by atoms with Crippen LogP contribution in [0.3, 0.4) is 0 Å². The van der Waals surface area contributed by atoms with Crippen molar-refractivity contribution in [3.8, 4) is 11.1 Å². The Morgan fingerprint density at radius 2 is 1.42 bits per heavy atom. The van der Waals surface area contributed by atoms with E-state index in [1.165, 1.54) is 5.56 Å². The Hall–Kier alpha value is -2.91. The van der Waals surface area contributed by atoms with Crippen molar-refractivity contribution in [2.24, 2.45) is 0 Å². The zero-order valence-corrected chi connectivity index (χ0v) is 15.0. The Morgan fingerprint density at radius 1 is 0.885 bits per heavy atom. The van der Waals surface area contributed by atoms with Gasteiger partial charge in [-0.3, -0.25) is 0 Å². The quantitative estimate of drug-likeness (QED) is 0.669. The minimum absolute atomic E-state index is 0.228. The number of aryl methyl sites for hydroxylation is 1. The topological polar surface area (TPSA) is 46.5 Å². The third kappa shape index (κ3) is 3.84. The van der Waals surface area contributed by atoms with Gasteiger partial charge in [0, 0.05) is 0 Å². The van der Waals surface area contributed by atoms with Crippen LogP contribution >= 0.6 is 0 Å². The minimum atomic E-state index is -1.38. The first-order valence-electron chi connectivity index (χ1n) is 8.58. The SMILES string of the molecule is Cc1ccc(-c2ccc(COC(C)(C(=O)O)c3ccccc3)cc2)cc1. The number of rotatable bonds is 6. The van der Waals surface area contributed by atoms with Crippen molar-refractivity contribution in [2.75, 3.05) is 0 Å². The molecule has 0 heterocycles. The molecule has 3 heteroatoms. The molecule has 0 saturated carbocycles. The average Bonchev–Trinajstić information content (AvgIpc) is 2.68. The first kappa shape index (κ1) is 17.9. The highest BCUT2D eigenvalue weighted by Crippen LogP contribution is 2.28. The third-order valence-corrected chi connectivity index (χ3v) is 4.60. The fraction of sp³-hybridized carbons (Fsp3) is 0.174. The van der Waals surface area contributed by atoms with E-state index in [-0.39, 0.29) is 6.61 Å². The maximum Gasteiger partial charge on any atom is 0.340 e. The van der Waals surface area contributed by atoms with Crippen LogP contribution in [0.1, 0.15) is 23.6 Å². The molecule has 1 atom stereocenters. The first-order valence-corrected chi connectivity index (χ1v) is 8.58. The Bertz CT molecular complexity index is 868. The van der Waals surface area contributed by atoms with E-state index in [1.54, 1.807) is 19.1 Å². The van der Waals surface area contributed by atoms with E-state index < -0.39 is 11.6 Å². The Labute approximate surface area is 153 Å². The predicted octanol–water partition coefficient (Wildman–Crippen LogP) is 5.18. The molecule has 0 spiro atoms. The summed E-state index contributed by atoms with van der Waals surface area (Å²) in [6, 6.07) is 25.4. The van der Waals surface area contributed by atoms with Crippen molar-refractivity contribution in [1.29, 1.82) is 0 Å². The van der Waals surface area contributed by atoms with E-state index in [0.717, 1.165) is 16.7 Å². The lowest BCUT2D eigenvalue weighted by molar-refractivity contribution is -0.167. The van der Waals surface area contributed by atoms with Crippen LogP contribution in [0, 0.1) is 6.92 Å². The number of hydrogen-bond acceptors (Lipinski definition) is 2. The van der Waals surface area contributed by atoms with Crippen LogP contribution in [0.15, 0.2) is 78.9 Å². The van der Waals surface area contributed by atoms with E-state index in [4.69, 9.17) is 4.74 Å². The van der Waals surface area contributed by atoms with Gasteiger partial charge in [0.1, 0.15) is 0 Å². The largest absolute Gasteiger partial charge is 0.479 e. The minimum Gasteiger partial charge on any atom is -0.479 e. The number of benzene rings is 3. The van der Waals surface area contributed by atoms with Crippen molar-refractivity contribution in [2.45, 2.75) is 26.1 Å². The molecule has 3 aromatic rings. The van der Waals surface area contributed by atoms with E-state index in [9.17, 15) is 9.90 Å². The highest BCUT2D eigenvalue weighted by Gasteiger charge is 2.36. The highest BCUT2D eigenvalue weighted by atomic mass is 16.5. The molecule has 1 unspecified atom stereocenters. The number of aliphatic carboxylic acids is 1. The molecule has 3 nitrogen and oxygen atoms in total. The average molecular weight is 346 g/mol. The number of carboxylic acids is 1. The van der Waals surface area contributed by atoms with Crippen LogP contribution in [-0.4, -0.2) is 11.1 Å². The lowest BCUT2D eigenvalue weighted by atomic mass is 9.96. The fourth-order valence-electron chi connectivity index (χ4n) is 2.79. The van der Waals surface area contributed by atoms with Crippen molar-refractivity contribution in [3.05, 3.63) is 95.6 Å². The smallest absolute Gasteiger partial charge is 0.340 e. The van der Waals surface area contributed by atoms with Crippen LogP contribution < -0.4 is 0 Å². The van der Waals surface area contributed by atoms with E-state index in [2.05, 4.69) is 31.2 Å². The Morgan fingerprint density at radius 3 is 1.96 bits per heavy atom. The van der Waals surface area contributed by atoms with Gasteiger partial charge in [0.15, 0.2) is 5.60 Å². The van der Waals surface area contributed by atoms with Gasteiger partial charge >= 0.3 is 5.97 Å². The van der Waals surface area contributed by atoms with E-state index in [0.29, 0.717) is 5.56 Å². The number of ether oxygens (including phenoxy) is 1. The van der Waals surface area contributed by atoms with Crippen LogP contribution in [-0.2, 0) is 21.7 Å². The normalized spacial score (nSPS) is 13.2. The molecule has 3 aromatic carbocycles. The molecular formula is C23H22O3. The van der Waals surface area contributed by atoms with Crippen LogP contribution in [0.4, 0.5) is 0 Å². The lowest BCUT2D eigenvalue weighted by Gasteiger charge is -2.26. The van der Waals surface area contributed by atoms with Gasteiger partial charge < -0.3 is 9.84 Å². The molecule has 0 bridgehead atoms. The first-order chi connectivity index (χ1) is 12.5. The summed E-state index contributed by atoms with van der Waals surface area (Å²) in [7, 11) is 0. The van der Waals surface area contributed by atoms with Gasteiger partial charge in [-0.05, 0) is 36.1 Å². The third-order valence-electron chi connectivity index (χ3n) is 4.60. The van der Waals surface area contributed by atoms with Crippen LogP contribution in [0.5, 0.6) is 0 Å². The molecule has 0 radical (unpaired) electrons. The molecule has 3 rings (SSSR count). The summed E-state index contributed by atoms with van der Waals surface area (Å²) in [5, 5.41) is 9.65. The van der Waals surface area contributed by atoms with Gasteiger partial charge in [-0.2, -0.15) is 0 Å². The van der Waals surface area contributed by atoms with E-state index in [1.807, 2.05) is 42.5 Å². The van der Waals surface area contributed by atoms with Gasteiger partial charge in [0.2, 0.25) is 0 Å². The fourth-order valence-corrected chi connectivity index (χ4v) is 2.79. The number of carboxylic acid groups (broad SMARTS) is 1. The molecule has 0 aliphatic carbocycles. The summed E-state index contributed by atoms with van der Waals surface area (Å²) >= 11 is 0. The summed E-state index contributed by atoms with van der Waals surface area (Å²) in [4.78, 5) is 11.8. The second kappa shape index (κ2) is 7.54. The molecule has 132 valence electrons. The second-order valence-corrected chi connectivity index (χ2v) is 6.56. The van der Waals surface area contributed by atoms with Gasteiger partial charge in [-0.25, -0.2) is 4.79 Å². The molecule has 0 fully saturated rings. The van der Waals surface area contributed by atoms with Crippen LogP contribution in [0.2, 0.25) is 0 Å². The molecule has 0 aliphatic heterocycles. The Balaban J connectivity index is 1.74. The van der Waals surface area contributed by atoms with Gasteiger partial charge in [-0.15, -0.1) is 0 Å². The molecule has 0 amide bonds. The molecular weight excluding hydrogens is 324 g/mol. The van der Waals surface area contributed by atoms with Gasteiger partial charge in [0.25, 0.3) is 0 Å². The summed E-state index contributed by atoms with van der Waals surface area (Å²) in [6.45, 7) is 3.88. The zero-order chi connectivity index (χ0) is 18.6. The van der Waals surface area contributed by atoms with Crippen molar-refractivity contribution < 1.29 is 14.6 Å². The van der Waals surface area contributed by atoms with Crippen LogP contribution in [0.25, 0.3) is 11.1 Å². The summed E-state index contributed by atoms with van der Waals surface area (Å²) in [5.74, 6) is -1.00. The molecule has 0 saturated heterocycles. The standard InChI is InChI=1S/C23H22O3/c1-17-8-12-19(13-9-17)20-14-10-18(11-15-20)16-26-23(2,22(24)25)21-6-4-3-5-7-21/h3-15H,16H2,1-2H3,(H,24,25). The maximum atomic E-state index is 11.8. The summed E-state index contributed by atoms with van der Waals surface area (Å²) in [6.07, 6.45) is 0. The van der Waals surface area contributed by atoms with Gasteiger partial charge in [0.05, 0.1) is 6.61 Å². The summed E-state index contributed by atoms with van der Waals surface area (Å²) in [5.41, 5.74) is 3.69. The highest BCUT2D eigenvalue weighted by molar-refractivity contribution is 5.79. The maximum absolute atomic E-state index is 11.8. The number of carbonyl (C=O) groups is 1. The Kier molecular flexibility index (Phi) is 5.19. The zero-order valence-electron chi connectivity index (χ0n) is 15.0. The van der Waals surface area contributed by atoms with Gasteiger partial charge in [-0.1, -0.05) is 84.4 Å². The lowest BCUT2D eigenvalue weighted by Crippen LogP contribution is -2.35. The van der Waals surface area contributed by atoms with Crippen molar-refractivity contribution in [1.82, 2.24) is 0 Å². The molecule has 0 aliphatic rings. The molecule has 26 heavy (non-hydrogen) atoms. The van der Waals surface area contributed by atoms with Crippen molar-refractivity contribution >= 4 is 5.97 Å². The molecule has 1 N–H and O–H groups in total. The summed E-state index contributed by atoms with van der Waals surface area (Å²) < 4.78 is 5.82. The van der Waals surface area contributed by atoms with E-state index >= 15 is 0 Å². The second-order valence-electron chi connectivity index (χ2n) is 6.56. The number of hydrogen-bond donors (Lipinski definition) is 1. The van der Waals surface area contributed by atoms with Crippen molar-refractivity contribution in [3.63, 3.8) is 0 Å².